The smallest absolute Gasteiger partial charge is 0.224 e. The predicted octanol–water partition coefficient (Wildman–Crippen LogP) is 2.94. The molecule has 0 spiro atoms. The third-order valence-electron chi connectivity index (χ3n) is 4.73. The summed E-state index contributed by atoms with van der Waals surface area (Å²) < 4.78 is 0. The Hall–Kier alpha value is -2.63. The van der Waals surface area contributed by atoms with Crippen molar-refractivity contribution in [2.24, 2.45) is 0 Å². The van der Waals surface area contributed by atoms with Crippen molar-refractivity contribution >= 4 is 17.7 Å². The van der Waals surface area contributed by atoms with E-state index in [-0.39, 0.29) is 5.91 Å². The third-order valence-corrected chi connectivity index (χ3v) is 4.73. The van der Waals surface area contributed by atoms with Crippen molar-refractivity contribution in [2.75, 3.05) is 36.4 Å². The number of hydrogen-bond acceptors (Lipinski definition) is 5. The maximum atomic E-state index is 12.0. The van der Waals surface area contributed by atoms with Gasteiger partial charge in [-0.3, -0.25) is 4.79 Å². The number of aromatic nitrogens is 2. The van der Waals surface area contributed by atoms with Crippen LogP contribution in [-0.2, 0) is 11.2 Å². The first-order chi connectivity index (χ1) is 13.2. The van der Waals surface area contributed by atoms with Crippen molar-refractivity contribution in [1.82, 2.24) is 15.3 Å². The molecule has 2 N–H and O–H groups in total. The monoisotopic (exact) mass is 367 g/mol. The average Bonchev–Trinajstić information content (AvgIpc) is 2.71. The van der Waals surface area contributed by atoms with Crippen LogP contribution in [0.3, 0.4) is 0 Å². The molecule has 0 atom stereocenters. The summed E-state index contributed by atoms with van der Waals surface area (Å²) in [6, 6.07) is 12.1. The van der Waals surface area contributed by atoms with E-state index in [0.29, 0.717) is 25.5 Å². The minimum Gasteiger partial charge on any atom is -0.356 e. The van der Waals surface area contributed by atoms with E-state index in [0.717, 1.165) is 31.0 Å². The second-order valence-electron chi connectivity index (χ2n) is 7.00. The number of carbonyl (C=O) groups is 1. The molecular weight excluding hydrogens is 338 g/mol. The maximum absolute atomic E-state index is 12.0. The molecule has 0 radical (unpaired) electrons. The first kappa shape index (κ1) is 19.1. The Morgan fingerprint density at radius 2 is 1.85 bits per heavy atom. The van der Waals surface area contributed by atoms with Gasteiger partial charge in [0.1, 0.15) is 5.82 Å². The Kier molecular flexibility index (Phi) is 7.02. The molecule has 6 heteroatoms. The van der Waals surface area contributed by atoms with Crippen molar-refractivity contribution in [3.63, 3.8) is 0 Å². The summed E-state index contributed by atoms with van der Waals surface area (Å²) in [5.74, 6) is 1.70. The summed E-state index contributed by atoms with van der Waals surface area (Å²) in [4.78, 5) is 23.4. The van der Waals surface area contributed by atoms with E-state index in [2.05, 4.69) is 25.5 Å². The van der Waals surface area contributed by atoms with E-state index in [1.165, 1.54) is 24.8 Å². The zero-order valence-electron chi connectivity index (χ0n) is 16.1. The van der Waals surface area contributed by atoms with Crippen LogP contribution in [0.4, 0.5) is 11.8 Å². The highest BCUT2D eigenvalue weighted by Crippen LogP contribution is 2.19. The molecule has 1 saturated heterocycles. The Balaban J connectivity index is 1.40. The van der Waals surface area contributed by atoms with Crippen LogP contribution in [0, 0.1) is 6.92 Å². The number of nitrogens with one attached hydrogen (secondary N) is 2. The number of hydrogen-bond donors (Lipinski definition) is 2. The Morgan fingerprint density at radius 3 is 2.63 bits per heavy atom. The van der Waals surface area contributed by atoms with E-state index in [1.54, 1.807) is 0 Å². The molecule has 2 heterocycles. The molecule has 144 valence electrons. The minimum atomic E-state index is 0.0693. The van der Waals surface area contributed by atoms with Gasteiger partial charge in [-0.1, -0.05) is 30.3 Å². The third kappa shape index (κ3) is 6.24. The van der Waals surface area contributed by atoms with Gasteiger partial charge in [-0.2, -0.15) is 4.98 Å². The summed E-state index contributed by atoms with van der Waals surface area (Å²) >= 11 is 0. The number of amides is 1. The van der Waals surface area contributed by atoms with Gasteiger partial charge in [-0.15, -0.1) is 0 Å². The fourth-order valence-corrected chi connectivity index (χ4v) is 3.28. The fraction of sp³-hybridized carbons (Fsp3) is 0.476. The molecule has 0 bridgehead atoms. The molecule has 27 heavy (non-hydrogen) atoms. The lowest BCUT2D eigenvalue weighted by molar-refractivity contribution is -0.120. The van der Waals surface area contributed by atoms with Gasteiger partial charge >= 0.3 is 0 Å². The Morgan fingerprint density at radius 1 is 1.07 bits per heavy atom. The first-order valence-electron chi connectivity index (χ1n) is 9.86. The summed E-state index contributed by atoms with van der Waals surface area (Å²) in [6.45, 7) is 5.29. The van der Waals surface area contributed by atoms with Gasteiger partial charge in [0, 0.05) is 44.4 Å². The highest BCUT2D eigenvalue weighted by molar-refractivity contribution is 5.76. The van der Waals surface area contributed by atoms with Gasteiger partial charge in [-0.25, -0.2) is 4.98 Å². The number of nitrogens with zero attached hydrogens (tertiary/aromatic N) is 3. The Labute approximate surface area is 161 Å². The zero-order chi connectivity index (χ0) is 18.9. The van der Waals surface area contributed by atoms with Crippen LogP contribution in [0.15, 0.2) is 36.4 Å². The molecule has 1 fully saturated rings. The van der Waals surface area contributed by atoms with Crippen LogP contribution in [0.1, 0.15) is 36.9 Å². The van der Waals surface area contributed by atoms with Crippen molar-refractivity contribution in [2.45, 2.75) is 39.0 Å². The topological polar surface area (TPSA) is 70.2 Å². The molecular formula is C21H29N5O. The van der Waals surface area contributed by atoms with Crippen molar-refractivity contribution < 1.29 is 4.79 Å². The van der Waals surface area contributed by atoms with E-state index < -0.39 is 0 Å². The molecule has 1 aliphatic heterocycles. The fourth-order valence-electron chi connectivity index (χ4n) is 3.28. The van der Waals surface area contributed by atoms with Crippen molar-refractivity contribution in [1.29, 1.82) is 0 Å². The lowest BCUT2D eigenvalue weighted by atomic mass is 10.1. The van der Waals surface area contributed by atoms with Crippen LogP contribution in [0.2, 0.25) is 0 Å². The van der Waals surface area contributed by atoms with Gasteiger partial charge in [-0.05, 0) is 38.2 Å². The number of piperidine rings is 1. The molecule has 6 nitrogen and oxygen atoms in total. The van der Waals surface area contributed by atoms with Crippen molar-refractivity contribution in [3.8, 4) is 0 Å². The quantitative estimate of drug-likeness (QED) is 0.702. The molecule has 0 unspecified atom stereocenters. The van der Waals surface area contributed by atoms with Gasteiger partial charge in [0.25, 0.3) is 0 Å². The summed E-state index contributed by atoms with van der Waals surface area (Å²) in [7, 11) is 0. The van der Waals surface area contributed by atoms with E-state index in [1.807, 2.05) is 43.3 Å². The summed E-state index contributed by atoms with van der Waals surface area (Å²) in [5, 5.41) is 6.18. The van der Waals surface area contributed by atoms with Crippen LogP contribution in [0.5, 0.6) is 0 Å². The molecule has 0 aliphatic carbocycles. The predicted molar refractivity (Wildman–Crippen MR) is 109 cm³/mol. The highest BCUT2D eigenvalue weighted by Gasteiger charge is 2.13. The molecule has 0 saturated carbocycles. The second-order valence-corrected chi connectivity index (χ2v) is 7.00. The van der Waals surface area contributed by atoms with Crippen LogP contribution in [-0.4, -0.2) is 42.1 Å². The molecule has 1 aromatic carbocycles. The van der Waals surface area contributed by atoms with E-state index in [9.17, 15) is 4.79 Å². The molecule has 3 rings (SSSR count). The molecule has 1 aliphatic rings. The standard InChI is InChI=1S/C21H29N5O/c1-17-16-19(26-14-6-3-7-15-26)25-21(24-17)23-13-12-22-20(27)11-10-18-8-4-2-5-9-18/h2,4-5,8-9,16H,3,6-7,10-15H2,1H3,(H,22,27)(H,23,24,25). The average molecular weight is 367 g/mol. The van der Waals surface area contributed by atoms with Crippen molar-refractivity contribution in [3.05, 3.63) is 47.7 Å². The number of benzene rings is 1. The number of aryl methyl sites for hydroxylation is 2. The second kappa shape index (κ2) is 9.90. The molecule has 2 aromatic rings. The van der Waals surface area contributed by atoms with Crippen LogP contribution >= 0.6 is 0 Å². The van der Waals surface area contributed by atoms with Gasteiger partial charge < -0.3 is 15.5 Å². The van der Waals surface area contributed by atoms with E-state index in [4.69, 9.17) is 0 Å². The first-order valence-corrected chi connectivity index (χ1v) is 9.86. The normalized spacial score (nSPS) is 14.0. The largest absolute Gasteiger partial charge is 0.356 e. The maximum Gasteiger partial charge on any atom is 0.224 e. The molecule has 1 amide bonds. The van der Waals surface area contributed by atoms with Gasteiger partial charge in [0.15, 0.2) is 0 Å². The highest BCUT2D eigenvalue weighted by atomic mass is 16.1. The summed E-state index contributed by atoms with van der Waals surface area (Å²) in [6.07, 6.45) is 5.02. The SMILES string of the molecule is Cc1cc(N2CCCCC2)nc(NCCNC(=O)CCc2ccccc2)n1. The van der Waals surface area contributed by atoms with Gasteiger partial charge in [0.2, 0.25) is 11.9 Å². The Bertz CT molecular complexity index is 729. The van der Waals surface area contributed by atoms with E-state index >= 15 is 0 Å². The van der Waals surface area contributed by atoms with Crippen LogP contribution in [0.25, 0.3) is 0 Å². The lowest BCUT2D eigenvalue weighted by Crippen LogP contribution is -2.31. The van der Waals surface area contributed by atoms with Gasteiger partial charge in [0.05, 0.1) is 0 Å². The number of carbonyl (C=O) groups excluding carboxylic acids is 1. The molecule has 1 aromatic heterocycles. The number of anilines is 2. The summed E-state index contributed by atoms with van der Waals surface area (Å²) in [5.41, 5.74) is 2.14. The zero-order valence-corrected chi connectivity index (χ0v) is 16.1. The lowest BCUT2D eigenvalue weighted by Gasteiger charge is -2.28. The minimum absolute atomic E-state index is 0.0693. The van der Waals surface area contributed by atoms with Crippen LogP contribution < -0.4 is 15.5 Å². The number of rotatable bonds is 8.